The lowest BCUT2D eigenvalue weighted by atomic mass is 9.95. The van der Waals surface area contributed by atoms with Crippen LogP contribution in [-0.2, 0) is 4.79 Å². The summed E-state index contributed by atoms with van der Waals surface area (Å²) in [5.41, 5.74) is 5.23. The maximum Gasteiger partial charge on any atom is 0.269 e. The van der Waals surface area contributed by atoms with Gasteiger partial charge >= 0.3 is 0 Å². The van der Waals surface area contributed by atoms with Gasteiger partial charge in [-0.25, -0.2) is 0 Å². The van der Waals surface area contributed by atoms with E-state index in [2.05, 4.69) is 16.2 Å². The lowest BCUT2D eigenvalue weighted by Crippen LogP contribution is -2.41. The highest BCUT2D eigenvalue weighted by molar-refractivity contribution is 6.01. The molecule has 8 heteroatoms. The third kappa shape index (κ3) is 5.97. The average molecular weight is 413 g/mol. The van der Waals surface area contributed by atoms with E-state index < -0.39 is 17.2 Å². The van der Waals surface area contributed by atoms with Gasteiger partial charge in [-0.1, -0.05) is 26.8 Å². The summed E-state index contributed by atoms with van der Waals surface area (Å²) in [5.74, 6) is -0.263. The van der Waals surface area contributed by atoms with Crippen molar-refractivity contribution in [3.05, 3.63) is 53.6 Å². The molecule has 3 amide bonds. The Balaban J connectivity index is 2.03. The largest absolute Gasteiger partial charge is 0.493 e. The van der Waals surface area contributed by atoms with Crippen LogP contribution in [0.15, 0.2) is 42.5 Å². The number of hydrogen-bond acceptors (Lipinski definition) is 5. The summed E-state index contributed by atoms with van der Waals surface area (Å²) >= 11 is 0. The molecule has 160 valence electrons. The van der Waals surface area contributed by atoms with Gasteiger partial charge in [0.25, 0.3) is 11.8 Å². The highest BCUT2D eigenvalue weighted by Crippen LogP contribution is 2.28. The Morgan fingerprint density at radius 3 is 2.10 bits per heavy atom. The van der Waals surface area contributed by atoms with Crippen molar-refractivity contribution >= 4 is 23.4 Å². The molecule has 2 aromatic carbocycles. The standard InChI is InChI=1S/C22H27N3O5/c1-6-30-17-11-10-15(13-18(17)29-5)20(27)25-24-19(26)14-8-7-9-16(12-14)23-21(28)22(2,3)4/h7-13H,6H2,1-5H3,(H,23,28)(H,24,26)(H,25,27). The normalized spacial score (nSPS) is 10.7. The summed E-state index contributed by atoms with van der Waals surface area (Å²) < 4.78 is 10.6. The molecule has 0 radical (unpaired) electrons. The number of ether oxygens (including phenoxy) is 2. The van der Waals surface area contributed by atoms with Gasteiger partial charge in [0.05, 0.1) is 13.7 Å². The zero-order valence-corrected chi connectivity index (χ0v) is 17.8. The van der Waals surface area contributed by atoms with Crippen molar-refractivity contribution in [1.29, 1.82) is 0 Å². The van der Waals surface area contributed by atoms with Crippen LogP contribution < -0.4 is 25.6 Å². The van der Waals surface area contributed by atoms with E-state index in [1.165, 1.54) is 19.2 Å². The molecule has 0 aliphatic heterocycles. The van der Waals surface area contributed by atoms with Crippen LogP contribution >= 0.6 is 0 Å². The second-order valence-electron chi connectivity index (χ2n) is 7.49. The van der Waals surface area contributed by atoms with Crippen LogP contribution in [0.5, 0.6) is 11.5 Å². The van der Waals surface area contributed by atoms with Gasteiger partial charge in [-0.3, -0.25) is 25.2 Å². The molecule has 0 spiro atoms. The molecular weight excluding hydrogens is 386 g/mol. The molecule has 0 saturated heterocycles. The van der Waals surface area contributed by atoms with Crippen molar-refractivity contribution in [3.63, 3.8) is 0 Å². The van der Waals surface area contributed by atoms with E-state index in [1.54, 1.807) is 51.1 Å². The summed E-state index contributed by atoms with van der Waals surface area (Å²) in [6, 6.07) is 11.2. The highest BCUT2D eigenvalue weighted by Gasteiger charge is 2.21. The molecule has 8 nitrogen and oxygen atoms in total. The molecule has 0 saturated carbocycles. The number of benzene rings is 2. The molecule has 0 unspecified atom stereocenters. The van der Waals surface area contributed by atoms with Gasteiger partial charge in [-0.05, 0) is 43.3 Å². The Hall–Kier alpha value is -3.55. The highest BCUT2D eigenvalue weighted by atomic mass is 16.5. The number of carbonyl (C=O) groups is 3. The van der Waals surface area contributed by atoms with Crippen LogP contribution in [0.25, 0.3) is 0 Å². The van der Waals surface area contributed by atoms with Crippen molar-refractivity contribution in [2.75, 3.05) is 19.0 Å². The minimum Gasteiger partial charge on any atom is -0.493 e. The van der Waals surface area contributed by atoms with Gasteiger partial charge in [-0.2, -0.15) is 0 Å². The number of anilines is 1. The van der Waals surface area contributed by atoms with Crippen LogP contribution in [0.3, 0.4) is 0 Å². The van der Waals surface area contributed by atoms with Gasteiger partial charge in [0, 0.05) is 22.2 Å². The molecule has 0 aliphatic carbocycles. The van der Waals surface area contributed by atoms with Gasteiger partial charge in [0.2, 0.25) is 5.91 Å². The Morgan fingerprint density at radius 2 is 1.53 bits per heavy atom. The van der Waals surface area contributed by atoms with E-state index in [4.69, 9.17) is 9.47 Å². The fourth-order valence-electron chi connectivity index (χ4n) is 2.40. The van der Waals surface area contributed by atoms with E-state index in [1.807, 2.05) is 6.92 Å². The van der Waals surface area contributed by atoms with Gasteiger partial charge in [0.15, 0.2) is 11.5 Å². The minimum atomic E-state index is -0.564. The first-order valence-electron chi connectivity index (χ1n) is 9.48. The van der Waals surface area contributed by atoms with Crippen LogP contribution in [0.1, 0.15) is 48.4 Å². The fourth-order valence-corrected chi connectivity index (χ4v) is 2.40. The molecular formula is C22H27N3O5. The second kappa shape index (κ2) is 9.78. The fraction of sp³-hybridized carbons (Fsp3) is 0.318. The first kappa shape index (κ1) is 22.7. The minimum absolute atomic E-state index is 0.169. The summed E-state index contributed by atoms with van der Waals surface area (Å²) in [6.45, 7) is 7.70. The number of hydrazine groups is 1. The number of nitrogens with one attached hydrogen (secondary N) is 3. The monoisotopic (exact) mass is 413 g/mol. The topological polar surface area (TPSA) is 106 Å². The third-order valence-electron chi connectivity index (χ3n) is 4.08. The molecule has 2 aromatic rings. The van der Waals surface area contributed by atoms with Crippen LogP contribution in [-0.4, -0.2) is 31.4 Å². The lowest BCUT2D eigenvalue weighted by molar-refractivity contribution is -0.123. The quantitative estimate of drug-likeness (QED) is 0.631. The number of methoxy groups -OCH3 is 1. The Bertz CT molecular complexity index is 935. The van der Waals surface area contributed by atoms with Gasteiger partial charge < -0.3 is 14.8 Å². The number of hydrogen-bond donors (Lipinski definition) is 3. The predicted molar refractivity (Wildman–Crippen MR) is 114 cm³/mol. The van der Waals surface area contributed by atoms with E-state index in [0.717, 1.165) is 0 Å². The molecule has 3 N–H and O–H groups in total. The molecule has 2 rings (SSSR count). The number of amides is 3. The van der Waals surface area contributed by atoms with Crippen LogP contribution in [0.4, 0.5) is 5.69 Å². The second-order valence-corrected chi connectivity index (χ2v) is 7.49. The van der Waals surface area contributed by atoms with Crippen molar-refractivity contribution in [1.82, 2.24) is 10.9 Å². The predicted octanol–water partition coefficient (Wildman–Crippen LogP) is 3.15. The smallest absolute Gasteiger partial charge is 0.269 e. The van der Waals surface area contributed by atoms with E-state index >= 15 is 0 Å². The van der Waals surface area contributed by atoms with E-state index in [9.17, 15) is 14.4 Å². The van der Waals surface area contributed by atoms with Crippen molar-refractivity contribution < 1.29 is 23.9 Å². The van der Waals surface area contributed by atoms with Crippen LogP contribution in [0.2, 0.25) is 0 Å². The number of carbonyl (C=O) groups excluding carboxylic acids is 3. The zero-order chi connectivity index (χ0) is 22.3. The molecule has 0 bridgehead atoms. The zero-order valence-electron chi connectivity index (χ0n) is 17.8. The summed E-state index contributed by atoms with van der Waals surface area (Å²) in [7, 11) is 1.48. The SMILES string of the molecule is CCOc1ccc(C(=O)NNC(=O)c2cccc(NC(=O)C(C)(C)C)c2)cc1OC. The average Bonchev–Trinajstić information content (AvgIpc) is 2.71. The summed E-state index contributed by atoms with van der Waals surface area (Å²) in [6.07, 6.45) is 0. The Morgan fingerprint density at radius 1 is 0.900 bits per heavy atom. The first-order chi connectivity index (χ1) is 14.2. The van der Waals surface area contributed by atoms with E-state index in [-0.39, 0.29) is 11.5 Å². The first-order valence-corrected chi connectivity index (χ1v) is 9.48. The number of rotatable bonds is 6. The van der Waals surface area contributed by atoms with Crippen LogP contribution in [0, 0.1) is 5.41 Å². The maximum atomic E-state index is 12.4. The molecule has 0 aromatic heterocycles. The van der Waals surface area contributed by atoms with Crippen molar-refractivity contribution in [3.8, 4) is 11.5 Å². The summed E-state index contributed by atoms with van der Waals surface area (Å²) in [4.78, 5) is 36.9. The Kier molecular flexibility index (Phi) is 7.41. The molecule has 0 aliphatic rings. The van der Waals surface area contributed by atoms with E-state index in [0.29, 0.717) is 29.4 Å². The van der Waals surface area contributed by atoms with Crippen molar-refractivity contribution in [2.45, 2.75) is 27.7 Å². The Labute approximate surface area is 175 Å². The van der Waals surface area contributed by atoms with Crippen molar-refractivity contribution in [2.24, 2.45) is 5.41 Å². The summed E-state index contributed by atoms with van der Waals surface area (Å²) in [5, 5.41) is 2.76. The third-order valence-corrected chi connectivity index (χ3v) is 4.08. The lowest BCUT2D eigenvalue weighted by Gasteiger charge is -2.18. The molecule has 0 heterocycles. The molecule has 0 fully saturated rings. The molecule has 0 atom stereocenters. The van der Waals surface area contributed by atoms with Gasteiger partial charge in [-0.15, -0.1) is 0 Å². The molecule has 30 heavy (non-hydrogen) atoms. The van der Waals surface area contributed by atoms with Gasteiger partial charge in [0.1, 0.15) is 0 Å². The maximum absolute atomic E-state index is 12.4.